The molecule has 1 saturated heterocycles. The van der Waals surface area contributed by atoms with Crippen LogP contribution in [0.15, 0.2) is 0 Å². The Labute approximate surface area is 86.3 Å². The van der Waals surface area contributed by atoms with Crippen LogP contribution < -0.4 is 5.32 Å². The van der Waals surface area contributed by atoms with E-state index in [-0.39, 0.29) is 11.8 Å². The minimum Gasteiger partial charge on any atom is -0.356 e. The van der Waals surface area contributed by atoms with Crippen LogP contribution in [0.3, 0.4) is 0 Å². The van der Waals surface area contributed by atoms with Gasteiger partial charge in [-0.25, -0.2) is 0 Å². The van der Waals surface area contributed by atoms with E-state index in [0.717, 1.165) is 12.2 Å². The number of amides is 1. The van der Waals surface area contributed by atoms with Gasteiger partial charge in [0, 0.05) is 24.0 Å². The molecule has 0 bridgehead atoms. The van der Waals surface area contributed by atoms with E-state index in [1.807, 2.05) is 13.8 Å². The molecule has 82 valence electrons. The Balaban J connectivity index is 2.31. The Kier molecular flexibility index (Phi) is 3.59. The van der Waals surface area contributed by atoms with Gasteiger partial charge in [-0.05, 0) is 27.7 Å². The van der Waals surface area contributed by atoms with E-state index in [0.29, 0.717) is 18.2 Å². The molecule has 0 spiro atoms. The molecule has 1 N–H and O–H groups in total. The molecule has 0 aromatic carbocycles. The second-order valence-corrected chi connectivity index (χ2v) is 7.06. The van der Waals surface area contributed by atoms with Crippen LogP contribution in [0.4, 0.5) is 0 Å². The van der Waals surface area contributed by atoms with Crippen LogP contribution in [-0.4, -0.2) is 34.0 Å². The minimum atomic E-state index is -1.81. The van der Waals surface area contributed by atoms with E-state index in [1.165, 1.54) is 0 Å². The standard InChI is InChI=1S/C10H19NO2S/c1-8(2)10(12)11-6-9-4-5-14(3,13)7-9/h8-9H,3-7H2,1-2H3,(H,11,12). The second kappa shape index (κ2) is 4.34. The Morgan fingerprint density at radius 3 is 2.71 bits per heavy atom. The molecule has 0 radical (unpaired) electrons. The van der Waals surface area contributed by atoms with Gasteiger partial charge >= 0.3 is 0 Å². The Hall–Kier alpha value is -0.510. The minimum absolute atomic E-state index is 0.0283. The zero-order valence-corrected chi connectivity index (χ0v) is 9.73. The van der Waals surface area contributed by atoms with E-state index < -0.39 is 9.52 Å². The molecular weight excluding hydrogens is 198 g/mol. The van der Waals surface area contributed by atoms with E-state index >= 15 is 0 Å². The fraction of sp³-hybridized carbons (Fsp3) is 0.800. The van der Waals surface area contributed by atoms with E-state index in [2.05, 4.69) is 11.2 Å². The lowest BCUT2D eigenvalue weighted by Gasteiger charge is -2.11. The molecular formula is C10H19NO2S. The van der Waals surface area contributed by atoms with Crippen molar-refractivity contribution in [3.8, 4) is 0 Å². The first-order chi connectivity index (χ1) is 6.41. The molecule has 14 heavy (non-hydrogen) atoms. The van der Waals surface area contributed by atoms with Crippen LogP contribution in [-0.2, 0) is 14.3 Å². The molecule has 0 aromatic rings. The second-order valence-electron chi connectivity index (χ2n) is 4.39. The van der Waals surface area contributed by atoms with Crippen molar-refractivity contribution in [2.75, 3.05) is 18.1 Å². The highest BCUT2D eigenvalue weighted by Gasteiger charge is 2.23. The molecule has 1 aliphatic heterocycles. The molecule has 1 amide bonds. The average Bonchev–Trinajstić information content (AvgIpc) is 2.41. The Bertz CT molecular complexity index is 306. The summed E-state index contributed by atoms with van der Waals surface area (Å²) in [7, 11) is -1.81. The van der Waals surface area contributed by atoms with Gasteiger partial charge in [-0.2, -0.15) is 0 Å². The summed E-state index contributed by atoms with van der Waals surface area (Å²) < 4.78 is 11.6. The van der Waals surface area contributed by atoms with Crippen LogP contribution in [0.5, 0.6) is 0 Å². The lowest BCUT2D eigenvalue weighted by molar-refractivity contribution is -0.124. The molecule has 2 atom stereocenters. The van der Waals surface area contributed by atoms with Gasteiger partial charge in [-0.15, -0.1) is 0 Å². The normalized spacial score (nSPS) is 32.1. The first kappa shape index (κ1) is 11.6. The van der Waals surface area contributed by atoms with Gasteiger partial charge in [-0.1, -0.05) is 13.8 Å². The van der Waals surface area contributed by atoms with Gasteiger partial charge in [0.1, 0.15) is 0 Å². The number of hydrogen-bond acceptors (Lipinski definition) is 2. The number of rotatable bonds is 3. The summed E-state index contributed by atoms with van der Waals surface area (Å²) in [5.41, 5.74) is 0. The van der Waals surface area contributed by atoms with E-state index in [9.17, 15) is 9.00 Å². The highest BCUT2D eigenvalue weighted by Crippen LogP contribution is 2.17. The van der Waals surface area contributed by atoms with Crippen molar-refractivity contribution >= 4 is 21.3 Å². The van der Waals surface area contributed by atoms with Crippen molar-refractivity contribution in [3.63, 3.8) is 0 Å². The summed E-state index contributed by atoms with van der Waals surface area (Å²) in [6.45, 7) is 4.40. The summed E-state index contributed by atoms with van der Waals surface area (Å²) >= 11 is 0. The summed E-state index contributed by atoms with van der Waals surface area (Å²) in [6, 6.07) is 0. The number of carbonyl (C=O) groups is 1. The molecule has 0 saturated carbocycles. The van der Waals surface area contributed by atoms with Gasteiger partial charge in [0.05, 0.1) is 0 Å². The maximum absolute atomic E-state index is 11.6. The largest absolute Gasteiger partial charge is 0.356 e. The van der Waals surface area contributed by atoms with Crippen molar-refractivity contribution in [1.82, 2.24) is 5.32 Å². The highest BCUT2D eigenvalue weighted by molar-refractivity contribution is 8.00. The topological polar surface area (TPSA) is 46.2 Å². The monoisotopic (exact) mass is 217 g/mol. The average molecular weight is 217 g/mol. The molecule has 1 heterocycles. The van der Waals surface area contributed by atoms with Gasteiger partial charge < -0.3 is 5.32 Å². The van der Waals surface area contributed by atoms with Gasteiger partial charge in [0.15, 0.2) is 0 Å². The summed E-state index contributed by atoms with van der Waals surface area (Å²) in [6.07, 6.45) is 0.931. The van der Waals surface area contributed by atoms with Crippen LogP contribution >= 0.6 is 0 Å². The summed E-state index contributed by atoms with van der Waals surface area (Å²) in [5, 5.41) is 2.87. The quantitative estimate of drug-likeness (QED) is 0.700. The van der Waals surface area contributed by atoms with E-state index in [1.54, 1.807) is 0 Å². The first-order valence-electron chi connectivity index (χ1n) is 5.01. The van der Waals surface area contributed by atoms with Gasteiger partial charge in [0.25, 0.3) is 0 Å². The van der Waals surface area contributed by atoms with Crippen LogP contribution in [0.25, 0.3) is 0 Å². The maximum Gasteiger partial charge on any atom is 0.222 e. The molecule has 1 aliphatic rings. The fourth-order valence-electron chi connectivity index (χ4n) is 1.59. The molecule has 0 aliphatic carbocycles. The van der Waals surface area contributed by atoms with Crippen molar-refractivity contribution in [2.24, 2.45) is 11.8 Å². The Morgan fingerprint density at radius 1 is 1.64 bits per heavy atom. The maximum atomic E-state index is 11.6. The SMILES string of the molecule is C=S1(=O)CCC(CNC(=O)C(C)C)C1. The zero-order valence-electron chi connectivity index (χ0n) is 8.91. The molecule has 0 aromatic heterocycles. The number of carbonyl (C=O) groups excluding carboxylic acids is 1. The van der Waals surface area contributed by atoms with Crippen molar-refractivity contribution in [2.45, 2.75) is 20.3 Å². The lowest BCUT2D eigenvalue weighted by Crippen LogP contribution is -2.32. The summed E-state index contributed by atoms with van der Waals surface area (Å²) in [4.78, 5) is 11.3. The number of nitrogens with one attached hydrogen (secondary N) is 1. The van der Waals surface area contributed by atoms with Crippen LogP contribution in [0, 0.1) is 11.8 Å². The van der Waals surface area contributed by atoms with Gasteiger partial charge in [-0.3, -0.25) is 9.00 Å². The molecule has 4 heteroatoms. The molecule has 3 nitrogen and oxygen atoms in total. The lowest BCUT2D eigenvalue weighted by atomic mass is 10.1. The molecule has 1 fully saturated rings. The smallest absolute Gasteiger partial charge is 0.222 e. The first-order valence-corrected chi connectivity index (χ1v) is 7.07. The fourth-order valence-corrected chi connectivity index (χ4v) is 3.66. The predicted molar refractivity (Wildman–Crippen MR) is 61.0 cm³/mol. The molecule has 2 unspecified atom stereocenters. The highest BCUT2D eigenvalue weighted by atomic mass is 32.2. The zero-order chi connectivity index (χ0) is 10.8. The van der Waals surface area contributed by atoms with E-state index in [4.69, 9.17) is 0 Å². The third-order valence-corrected chi connectivity index (χ3v) is 4.59. The van der Waals surface area contributed by atoms with Crippen molar-refractivity contribution < 1.29 is 9.00 Å². The van der Waals surface area contributed by atoms with Gasteiger partial charge in [0.2, 0.25) is 5.91 Å². The summed E-state index contributed by atoms with van der Waals surface area (Å²) in [5.74, 6) is 5.55. The third-order valence-electron chi connectivity index (χ3n) is 2.53. The Morgan fingerprint density at radius 2 is 2.29 bits per heavy atom. The van der Waals surface area contributed by atoms with Crippen molar-refractivity contribution in [1.29, 1.82) is 0 Å². The third kappa shape index (κ3) is 3.33. The predicted octanol–water partition coefficient (Wildman–Crippen LogP) is 0.495. The van der Waals surface area contributed by atoms with Crippen molar-refractivity contribution in [3.05, 3.63) is 0 Å². The number of hydrogen-bond donors (Lipinski definition) is 1. The van der Waals surface area contributed by atoms with Crippen LogP contribution in [0.2, 0.25) is 0 Å². The van der Waals surface area contributed by atoms with Crippen LogP contribution in [0.1, 0.15) is 20.3 Å². The molecule has 1 rings (SSSR count).